The van der Waals surface area contributed by atoms with Gasteiger partial charge in [0.25, 0.3) is 0 Å². The molecule has 1 rings (SSSR count). The van der Waals surface area contributed by atoms with Crippen LogP contribution in [0.15, 0.2) is 24.3 Å². The average molecular weight is 223 g/mol. The highest BCUT2D eigenvalue weighted by molar-refractivity contribution is 5.24. The van der Waals surface area contributed by atoms with Gasteiger partial charge < -0.3 is 5.73 Å². The fourth-order valence-corrected chi connectivity index (χ4v) is 1.74. The van der Waals surface area contributed by atoms with E-state index in [1.165, 1.54) is 5.56 Å². The van der Waals surface area contributed by atoms with Crippen LogP contribution in [0.2, 0.25) is 0 Å². The van der Waals surface area contributed by atoms with Gasteiger partial charge in [-0.1, -0.05) is 45.0 Å². The van der Waals surface area contributed by atoms with Crippen molar-refractivity contribution in [3.05, 3.63) is 35.4 Å². The summed E-state index contributed by atoms with van der Waals surface area (Å²) in [7, 11) is 0. The molecule has 0 radical (unpaired) electrons. The Balaban J connectivity index is 2.78. The quantitative estimate of drug-likeness (QED) is 0.815. The number of halogens is 1. The lowest BCUT2D eigenvalue weighted by atomic mass is 9.86. The molecular formula is C14H22FN. The first-order valence-corrected chi connectivity index (χ1v) is 5.98. The highest BCUT2D eigenvalue weighted by Gasteiger charge is 2.32. The Labute approximate surface area is 97.9 Å². The molecule has 1 aromatic carbocycles. The van der Waals surface area contributed by atoms with Crippen LogP contribution >= 0.6 is 0 Å². The van der Waals surface area contributed by atoms with Crippen molar-refractivity contribution in [1.29, 1.82) is 0 Å². The maximum atomic E-state index is 14.4. The van der Waals surface area contributed by atoms with Crippen LogP contribution in [0.4, 0.5) is 4.39 Å². The molecule has 0 aliphatic carbocycles. The molecule has 1 atom stereocenters. The van der Waals surface area contributed by atoms with Gasteiger partial charge in [-0.2, -0.15) is 0 Å². The van der Waals surface area contributed by atoms with Crippen LogP contribution in [0.5, 0.6) is 0 Å². The molecular weight excluding hydrogens is 201 g/mol. The summed E-state index contributed by atoms with van der Waals surface area (Å²) >= 11 is 0. The number of aryl methyl sites for hydroxylation is 1. The van der Waals surface area contributed by atoms with Crippen molar-refractivity contribution in [3.63, 3.8) is 0 Å². The average Bonchev–Trinajstić information content (AvgIpc) is 2.29. The third-order valence-corrected chi connectivity index (χ3v) is 3.30. The fourth-order valence-electron chi connectivity index (χ4n) is 1.74. The summed E-state index contributed by atoms with van der Waals surface area (Å²) in [5.41, 5.74) is 6.56. The minimum absolute atomic E-state index is 0.0525. The molecule has 0 saturated heterocycles. The Morgan fingerprint density at radius 1 is 1.19 bits per heavy atom. The van der Waals surface area contributed by atoms with Gasteiger partial charge in [-0.05, 0) is 23.5 Å². The Bertz CT molecular complexity index is 318. The van der Waals surface area contributed by atoms with Crippen LogP contribution in [0.1, 0.15) is 31.9 Å². The van der Waals surface area contributed by atoms with E-state index in [0.29, 0.717) is 6.42 Å². The summed E-state index contributed by atoms with van der Waals surface area (Å²) in [6.07, 6.45) is 1.42. The van der Waals surface area contributed by atoms with Crippen LogP contribution in [0, 0.1) is 5.92 Å². The van der Waals surface area contributed by atoms with Crippen molar-refractivity contribution in [2.45, 2.75) is 39.3 Å². The van der Waals surface area contributed by atoms with Crippen molar-refractivity contribution in [3.8, 4) is 0 Å². The fraction of sp³-hybridized carbons (Fsp3) is 0.571. The van der Waals surface area contributed by atoms with Gasteiger partial charge in [0, 0.05) is 13.0 Å². The lowest BCUT2D eigenvalue weighted by molar-refractivity contribution is 0.110. The van der Waals surface area contributed by atoms with Gasteiger partial charge in [-0.25, -0.2) is 4.39 Å². The summed E-state index contributed by atoms with van der Waals surface area (Å²) in [6.45, 7) is 5.96. The maximum absolute atomic E-state index is 14.4. The predicted octanol–water partition coefficient (Wildman–Crippen LogP) is 3.11. The first kappa shape index (κ1) is 13.2. The van der Waals surface area contributed by atoms with E-state index in [1.54, 1.807) is 0 Å². The van der Waals surface area contributed by atoms with E-state index in [1.807, 2.05) is 26.0 Å². The largest absolute Gasteiger partial charge is 0.328 e. The van der Waals surface area contributed by atoms with Gasteiger partial charge in [-0.3, -0.25) is 0 Å². The van der Waals surface area contributed by atoms with Crippen molar-refractivity contribution >= 4 is 0 Å². The number of hydrogen-bond donors (Lipinski definition) is 1. The van der Waals surface area contributed by atoms with Gasteiger partial charge in [0.15, 0.2) is 0 Å². The molecule has 90 valence electrons. The molecule has 1 nitrogen and oxygen atoms in total. The van der Waals surface area contributed by atoms with Crippen LogP contribution in [-0.2, 0) is 12.8 Å². The summed E-state index contributed by atoms with van der Waals surface area (Å²) in [5.74, 6) is -0.0525. The van der Waals surface area contributed by atoms with Gasteiger partial charge in [0.05, 0.1) is 0 Å². The van der Waals surface area contributed by atoms with E-state index in [9.17, 15) is 4.39 Å². The van der Waals surface area contributed by atoms with Gasteiger partial charge in [-0.15, -0.1) is 0 Å². The van der Waals surface area contributed by atoms with E-state index in [2.05, 4.69) is 19.1 Å². The molecule has 16 heavy (non-hydrogen) atoms. The molecule has 2 N–H and O–H groups in total. The zero-order valence-electron chi connectivity index (χ0n) is 10.5. The van der Waals surface area contributed by atoms with Crippen molar-refractivity contribution in [1.82, 2.24) is 0 Å². The first-order chi connectivity index (χ1) is 7.51. The molecule has 0 aromatic heterocycles. The summed E-state index contributed by atoms with van der Waals surface area (Å²) in [5, 5.41) is 0. The van der Waals surface area contributed by atoms with Crippen molar-refractivity contribution in [2.24, 2.45) is 11.7 Å². The molecule has 0 amide bonds. The second-order valence-corrected chi connectivity index (χ2v) is 4.74. The smallest absolute Gasteiger partial charge is 0.129 e. The third kappa shape index (κ3) is 3.05. The summed E-state index contributed by atoms with van der Waals surface area (Å²) < 4.78 is 14.4. The highest BCUT2D eigenvalue weighted by Crippen LogP contribution is 2.26. The standard InChI is InChI=1S/C14H22FN/c1-4-12-5-7-13(8-6-12)9-14(15,10-16)11(2)3/h5-8,11H,4,9-10,16H2,1-3H3. The maximum Gasteiger partial charge on any atom is 0.129 e. The lowest BCUT2D eigenvalue weighted by Crippen LogP contribution is -2.40. The second-order valence-electron chi connectivity index (χ2n) is 4.74. The molecule has 0 fully saturated rings. The highest BCUT2D eigenvalue weighted by atomic mass is 19.1. The molecule has 0 bridgehead atoms. The normalized spacial score (nSPS) is 15.1. The van der Waals surface area contributed by atoms with Crippen LogP contribution in [-0.4, -0.2) is 12.2 Å². The molecule has 0 heterocycles. The van der Waals surface area contributed by atoms with Crippen LogP contribution in [0.25, 0.3) is 0 Å². The number of benzene rings is 1. The number of rotatable bonds is 5. The summed E-state index contributed by atoms with van der Waals surface area (Å²) in [4.78, 5) is 0. The van der Waals surface area contributed by atoms with Crippen molar-refractivity contribution in [2.75, 3.05) is 6.54 Å². The zero-order valence-corrected chi connectivity index (χ0v) is 10.5. The molecule has 1 unspecified atom stereocenters. The Hall–Kier alpha value is -0.890. The Kier molecular flexibility index (Phi) is 4.48. The van der Waals surface area contributed by atoms with Gasteiger partial charge in [0.2, 0.25) is 0 Å². The molecule has 2 heteroatoms. The van der Waals surface area contributed by atoms with E-state index in [-0.39, 0.29) is 12.5 Å². The van der Waals surface area contributed by atoms with E-state index in [0.717, 1.165) is 12.0 Å². The Morgan fingerprint density at radius 2 is 1.69 bits per heavy atom. The van der Waals surface area contributed by atoms with Gasteiger partial charge in [0.1, 0.15) is 5.67 Å². The number of alkyl halides is 1. The van der Waals surface area contributed by atoms with Gasteiger partial charge >= 0.3 is 0 Å². The van der Waals surface area contributed by atoms with E-state index < -0.39 is 5.67 Å². The Morgan fingerprint density at radius 3 is 2.06 bits per heavy atom. The third-order valence-electron chi connectivity index (χ3n) is 3.30. The van der Waals surface area contributed by atoms with Crippen LogP contribution < -0.4 is 5.73 Å². The van der Waals surface area contributed by atoms with E-state index >= 15 is 0 Å². The van der Waals surface area contributed by atoms with E-state index in [4.69, 9.17) is 5.73 Å². The molecule has 0 spiro atoms. The zero-order chi connectivity index (χ0) is 12.2. The first-order valence-electron chi connectivity index (χ1n) is 5.98. The monoisotopic (exact) mass is 223 g/mol. The van der Waals surface area contributed by atoms with Crippen molar-refractivity contribution < 1.29 is 4.39 Å². The summed E-state index contributed by atoms with van der Waals surface area (Å²) in [6, 6.07) is 8.13. The molecule has 0 saturated carbocycles. The minimum Gasteiger partial charge on any atom is -0.328 e. The predicted molar refractivity (Wildman–Crippen MR) is 67.3 cm³/mol. The topological polar surface area (TPSA) is 26.0 Å². The molecule has 1 aromatic rings. The number of nitrogens with two attached hydrogens (primary N) is 1. The SMILES string of the molecule is CCc1ccc(CC(F)(CN)C(C)C)cc1. The second kappa shape index (κ2) is 5.44. The lowest BCUT2D eigenvalue weighted by Gasteiger charge is -2.28. The molecule has 0 aliphatic heterocycles. The minimum atomic E-state index is -1.28. The molecule has 0 aliphatic rings. The van der Waals surface area contributed by atoms with Crippen LogP contribution in [0.3, 0.4) is 0 Å². The number of hydrogen-bond acceptors (Lipinski definition) is 1.